The predicted octanol–water partition coefficient (Wildman–Crippen LogP) is 0.199. The Hall–Kier alpha value is -0.800. The second kappa shape index (κ2) is 4.81. The molecule has 1 N–H and O–H groups in total. The van der Waals surface area contributed by atoms with Crippen LogP contribution >= 0.6 is 0 Å². The molecule has 0 spiro atoms. The van der Waals surface area contributed by atoms with E-state index in [2.05, 4.69) is 13.2 Å². The van der Waals surface area contributed by atoms with E-state index in [9.17, 15) is 25.6 Å². The largest absolute Gasteiger partial charge is 0.260 e. The topological polar surface area (TPSA) is 80.3 Å². The normalized spacial score (nSPS) is 16.7. The second-order valence-corrected chi connectivity index (χ2v) is 6.09. The quantitative estimate of drug-likeness (QED) is 0.692. The molecule has 2 atom stereocenters. The minimum absolute atomic E-state index is 0.360. The fourth-order valence-corrected chi connectivity index (χ4v) is 3.04. The van der Waals surface area contributed by atoms with E-state index in [1.54, 1.807) is 0 Å². The maximum atomic E-state index is 12.6. The predicted molar refractivity (Wildman–Crippen MR) is 51.2 cm³/mol. The molecule has 5 nitrogen and oxygen atoms in total. The Bertz CT molecular complexity index is 400. The van der Waals surface area contributed by atoms with Crippen LogP contribution in [0.2, 0.25) is 0 Å². The summed E-state index contributed by atoms with van der Waals surface area (Å²) in [6, 6.07) is 0. The van der Waals surface area contributed by atoms with E-state index in [1.165, 1.54) is 0 Å². The summed E-state index contributed by atoms with van der Waals surface area (Å²) in [5, 5.41) is 0. The zero-order chi connectivity index (χ0) is 12.3. The first-order chi connectivity index (χ1) is 6.67. The van der Waals surface area contributed by atoms with Crippen molar-refractivity contribution in [3.63, 3.8) is 0 Å². The molecule has 0 amide bonds. The van der Waals surface area contributed by atoms with Crippen LogP contribution in [0.3, 0.4) is 0 Å². The van der Waals surface area contributed by atoms with Gasteiger partial charge in [0, 0.05) is 0 Å². The molecule has 0 radical (unpaired) electrons. The molecule has 0 aliphatic carbocycles. The Morgan fingerprint density at radius 3 is 1.40 bits per heavy atom. The van der Waals surface area contributed by atoms with Crippen LogP contribution in [-0.2, 0) is 20.0 Å². The van der Waals surface area contributed by atoms with E-state index in [4.69, 9.17) is 0 Å². The van der Waals surface area contributed by atoms with Crippen LogP contribution in [0.15, 0.2) is 25.3 Å². The summed E-state index contributed by atoms with van der Waals surface area (Å²) in [7, 11) is -9.67. The summed E-state index contributed by atoms with van der Waals surface area (Å²) < 4.78 is 69.6. The molecule has 88 valence electrons. The molecular weight excluding hydrogens is 252 g/mol. The molecule has 0 bridgehead atoms. The molecule has 0 heterocycles. The Morgan fingerprint density at radius 1 is 0.933 bits per heavy atom. The lowest BCUT2D eigenvalue weighted by Gasteiger charge is -2.09. The smallest absolute Gasteiger partial charge is 0.224 e. The molecular formula is C6H9F2NO4S2. The van der Waals surface area contributed by atoms with Crippen LogP contribution in [0.1, 0.15) is 0 Å². The molecule has 0 aliphatic heterocycles. The molecule has 9 heteroatoms. The van der Waals surface area contributed by atoms with Crippen molar-refractivity contribution in [3.8, 4) is 0 Å². The number of rotatable bonds is 6. The Labute approximate surface area is 86.6 Å². The van der Waals surface area contributed by atoms with Gasteiger partial charge in [-0.3, -0.25) is 0 Å². The van der Waals surface area contributed by atoms with Crippen molar-refractivity contribution in [1.82, 2.24) is 4.13 Å². The third kappa shape index (κ3) is 3.68. The third-order valence-corrected chi connectivity index (χ3v) is 4.62. The molecule has 0 aromatic carbocycles. The van der Waals surface area contributed by atoms with Crippen LogP contribution < -0.4 is 4.13 Å². The van der Waals surface area contributed by atoms with Crippen molar-refractivity contribution >= 4 is 20.0 Å². The van der Waals surface area contributed by atoms with Crippen molar-refractivity contribution in [2.75, 3.05) is 0 Å². The minimum atomic E-state index is -4.83. The molecule has 0 saturated carbocycles. The van der Waals surface area contributed by atoms with Gasteiger partial charge in [-0.1, -0.05) is 13.2 Å². The Kier molecular flexibility index (Phi) is 4.56. The zero-order valence-corrected chi connectivity index (χ0v) is 9.06. The van der Waals surface area contributed by atoms with Crippen LogP contribution in [0.25, 0.3) is 0 Å². The maximum absolute atomic E-state index is 12.6. The molecule has 0 aromatic rings. The molecule has 0 aromatic heterocycles. The minimum Gasteiger partial charge on any atom is -0.224 e. The van der Waals surface area contributed by atoms with E-state index in [-0.39, 0.29) is 0 Å². The van der Waals surface area contributed by atoms with Crippen molar-refractivity contribution in [1.29, 1.82) is 0 Å². The Morgan fingerprint density at radius 2 is 1.20 bits per heavy atom. The van der Waals surface area contributed by atoms with Crippen LogP contribution in [0, 0.1) is 0 Å². The van der Waals surface area contributed by atoms with Gasteiger partial charge in [-0.05, 0) is 12.2 Å². The van der Waals surface area contributed by atoms with Gasteiger partial charge in [0.2, 0.25) is 11.0 Å². The average Bonchev–Trinajstić information content (AvgIpc) is 2.13. The first-order valence-corrected chi connectivity index (χ1v) is 6.56. The number of alkyl halides is 2. The number of sulfonamides is 2. The third-order valence-electron chi connectivity index (χ3n) is 1.20. The zero-order valence-electron chi connectivity index (χ0n) is 7.43. The van der Waals surface area contributed by atoms with Crippen LogP contribution in [0.5, 0.6) is 0 Å². The first kappa shape index (κ1) is 14.2. The number of nitrogens with one attached hydrogen (secondary N) is 1. The van der Waals surface area contributed by atoms with Gasteiger partial charge in [0.1, 0.15) is 0 Å². The van der Waals surface area contributed by atoms with Crippen molar-refractivity contribution in [2.45, 2.75) is 11.0 Å². The number of hydrogen-bond acceptors (Lipinski definition) is 4. The highest BCUT2D eigenvalue weighted by Crippen LogP contribution is 2.08. The summed E-state index contributed by atoms with van der Waals surface area (Å²) in [6.07, 6.45) is 0.720. The summed E-state index contributed by atoms with van der Waals surface area (Å²) in [5.74, 6) is 0. The van der Waals surface area contributed by atoms with Gasteiger partial charge < -0.3 is 0 Å². The van der Waals surface area contributed by atoms with Gasteiger partial charge in [0.25, 0.3) is 20.0 Å². The highest BCUT2D eigenvalue weighted by Gasteiger charge is 2.32. The molecule has 0 fully saturated rings. The lowest BCUT2D eigenvalue weighted by atomic mass is 10.7. The fraction of sp³-hybridized carbons (Fsp3) is 0.333. The van der Waals surface area contributed by atoms with Crippen molar-refractivity contribution in [3.05, 3.63) is 25.3 Å². The lowest BCUT2D eigenvalue weighted by molar-refractivity contribution is 0.459. The molecule has 0 aliphatic rings. The number of halogens is 2. The van der Waals surface area contributed by atoms with Crippen molar-refractivity contribution < 1.29 is 25.6 Å². The average molecular weight is 261 g/mol. The monoisotopic (exact) mass is 261 g/mol. The van der Waals surface area contributed by atoms with E-state index in [0.717, 1.165) is 4.13 Å². The molecule has 0 rings (SSSR count). The standard InChI is InChI=1S/C6H9F2NO4S2/c1-3-5(7)14(10,11)9-15(12,13)6(8)4-2/h3-6,9H,1-2H2. The van der Waals surface area contributed by atoms with Crippen molar-refractivity contribution in [2.24, 2.45) is 0 Å². The van der Waals surface area contributed by atoms with Gasteiger partial charge in [0.15, 0.2) is 0 Å². The van der Waals surface area contributed by atoms with Gasteiger partial charge in [-0.2, -0.15) is 0 Å². The highest BCUT2D eigenvalue weighted by molar-refractivity contribution is 8.05. The lowest BCUT2D eigenvalue weighted by Crippen LogP contribution is -2.39. The SMILES string of the molecule is C=CC(F)S(=O)(=O)NS(=O)(=O)C(F)C=C. The summed E-state index contributed by atoms with van der Waals surface area (Å²) >= 11 is 0. The highest BCUT2D eigenvalue weighted by atomic mass is 32.3. The molecule has 0 saturated heterocycles. The van der Waals surface area contributed by atoms with Gasteiger partial charge >= 0.3 is 0 Å². The molecule has 2 unspecified atom stereocenters. The van der Waals surface area contributed by atoms with Crippen LogP contribution in [0.4, 0.5) is 8.78 Å². The van der Waals surface area contributed by atoms with Gasteiger partial charge in [-0.25, -0.2) is 25.6 Å². The summed E-state index contributed by atoms with van der Waals surface area (Å²) in [5.41, 5.74) is -5.27. The first-order valence-electron chi connectivity index (χ1n) is 3.47. The van der Waals surface area contributed by atoms with E-state index in [0.29, 0.717) is 12.2 Å². The second-order valence-electron chi connectivity index (χ2n) is 2.35. The van der Waals surface area contributed by atoms with Gasteiger partial charge in [0.05, 0.1) is 0 Å². The van der Waals surface area contributed by atoms with E-state index >= 15 is 0 Å². The summed E-state index contributed by atoms with van der Waals surface area (Å²) in [6.45, 7) is 5.64. The Balaban J connectivity index is 5.06. The number of hydrogen-bond donors (Lipinski definition) is 1. The van der Waals surface area contributed by atoms with Gasteiger partial charge in [-0.15, -0.1) is 4.13 Å². The fourth-order valence-electron chi connectivity index (χ4n) is 0.507. The van der Waals surface area contributed by atoms with Crippen LogP contribution in [-0.4, -0.2) is 27.8 Å². The summed E-state index contributed by atoms with van der Waals surface area (Å²) in [4.78, 5) is 0. The van der Waals surface area contributed by atoms with E-state index in [1.807, 2.05) is 0 Å². The maximum Gasteiger partial charge on any atom is 0.260 e. The molecule has 15 heavy (non-hydrogen) atoms. The van der Waals surface area contributed by atoms with E-state index < -0.39 is 31.1 Å².